The van der Waals surface area contributed by atoms with Gasteiger partial charge in [-0.3, -0.25) is 0 Å². The molecule has 1 rings (SSSR count). The summed E-state index contributed by atoms with van der Waals surface area (Å²) >= 11 is 0. The molecule has 1 aliphatic rings. The summed E-state index contributed by atoms with van der Waals surface area (Å²) in [6, 6.07) is 0.401. The van der Waals surface area contributed by atoms with E-state index < -0.39 is 9.84 Å². The zero-order chi connectivity index (χ0) is 12.7. The van der Waals surface area contributed by atoms with Gasteiger partial charge in [0.15, 0.2) is 9.84 Å². The summed E-state index contributed by atoms with van der Waals surface area (Å²) in [5, 5.41) is 3.29. The van der Waals surface area contributed by atoms with Gasteiger partial charge in [-0.25, -0.2) is 8.42 Å². The molecule has 0 bridgehead atoms. The zero-order valence-corrected chi connectivity index (χ0v) is 11.8. The van der Waals surface area contributed by atoms with Crippen molar-refractivity contribution in [3.05, 3.63) is 0 Å². The molecule has 2 atom stereocenters. The Morgan fingerprint density at radius 2 is 2.24 bits per heavy atom. The number of hydrogen-bond donors (Lipinski definition) is 1. The summed E-state index contributed by atoms with van der Waals surface area (Å²) in [5.41, 5.74) is 0. The van der Waals surface area contributed by atoms with Gasteiger partial charge in [-0.1, -0.05) is 6.92 Å². The van der Waals surface area contributed by atoms with E-state index in [2.05, 4.69) is 19.2 Å². The Morgan fingerprint density at radius 1 is 1.47 bits per heavy atom. The Labute approximate surface area is 105 Å². The van der Waals surface area contributed by atoms with Gasteiger partial charge in [-0.15, -0.1) is 0 Å². The molecule has 0 aromatic heterocycles. The van der Waals surface area contributed by atoms with Crippen molar-refractivity contribution in [2.75, 3.05) is 24.7 Å². The summed E-state index contributed by atoms with van der Waals surface area (Å²) in [6.45, 7) is 5.81. The molecule has 0 aromatic rings. The van der Waals surface area contributed by atoms with Gasteiger partial charge in [0.05, 0.1) is 17.6 Å². The molecule has 1 aliphatic heterocycles. The van der Waals surface area contributed by atoms with Crippen molar-refractivity contribution in [1.29, 1.82) is 0 Å². The van der Waals surface area contributed by atoms with E-state index in [0.29, 0.717) is 11.8 Å². The van der Waals surface area contributed by atoms with Crippen LogP contribution >= 0.6 is 0 Å². The van der Waals surface area contributed by atoms with Gasteiger partial charge in [0.2, 0.25) is 0 Å². The maximum absolute atomic E-state index is 11.8. The number of sulfone groups is 1. The Balaban J connectivity index is 2.19. The van der Waals surface area contributed by atoms with Crippen molar-refractivity contribution < 1.29 is 13.2 Å². The zero-order valence-electron chi connectivity index (χ0n) is 10.9. The molecule has 102 valence electrons. The molecule has 0 aliphatic carbocycles. The monoisotopic (exact) mass is 263 g/mol. The maximum atomic E-state index is 11.8. The topological polar surface area (TPSA) is 55.4 Å². The fourth-order valence-corrected chi connectivity index (χ4v) is 3.80. The molecule has 5 heteroatoms. The van der Waals surface area contributed by atoms with Crippen molar-refractivity contribution in [2.24, 2.45) is 0 Å². The van der Waals surface area contributed by atoms with Gasteiger partial charge in [0.1, 0.15) is 0 Å². The Hall–Kier alpha value is -0.130. The third-order valence-corrected chi connectivity index (χ3v) is 4.90. The van der Waals surface area contributed by atoms with Gasteiger partial charge in [0.25, 0.3) is 0 Å². The van der Waals surface area contributed by atoms with Crippen LogP contribution in [0.1, 0.15) is 39.5 Å². The first-order valence-corrected chi connectivity index (χ1v) is 8.41. The van der Waals surface area contributed by atoms with Crippen LogP contribution in [0.15, 0.2) is 0 Å². The molecule has 0 spiro atoms. The molecule has 1 fully saturated rings. The van der Waals surface area contributed by atoms with Crippen LogP contribution in [0.4, 0.5) is 0 Å². The molecule has 1 heterocycles. The second kappa shape index (κ2) is 7.34. The van der Waals surface area contributed by atoms with E-state index in [-0.39, 0.29) is 11.9 Å². The molecular weight excluding hydrogens is 238 g/mol. The summed E-state index contributed by atoms with van der Waals surface area (Å²) in [7, 11) is -2.93. The SMILES string of the molecule is CCNC(C)CCCS(=O)(=O)CC1CCCO1. The largest absolute Gasteiger partial charge is 0.377 e. The average molecular weight is 263 g/mol. The highest BCUT2D eigenvalue weighted by molar-refractivity contribution is 7.91. The number of ether oxygens (including phenoxy) is 1. The van der Waals surface area contributed by atoms with Crippen LogP contribution in [0.5, 0.6) is 0 Å². The number of rotatable bonds is 8. The molecule has 17 heavy (non-hydrogen) atoms. The average Bonchev–Trinajstić information content (AvgIpc) is 2.69. The van der Waals surface area contributed by atoms with E-state index in [1.54, 1.807) is 0 Å². The molecule has 1 saturated heterocycles. The van der Waals surface area contributed by atoms with Crippen LogP contribution in [0.3, 0.4) is 0 Å². The second-order valence-electron chi connectivity index (χ2n) is 4.85. The Kier molecular flexibility index (Phi) is 6.44. The van der Waals surface area contributed by atoms with Gasteiger partial charge in [-0.2, -0.15) is 0 Å². The third kappa shape index (κ3) is 6.38. The lowest BCUT2D eigenvalue weighted by molar-refractivity contribution is 0.127. The van der Waals surface area contributed by atoms with E-state index in [1.807, 2.05) is 0 Å². The Bertz CT molecular complexity index is 297. The van der Waals surface area contributed by atoms with Crippen LogP contribution in [0.2, 0.25) is 0 Å². The Morgan fingerprint density at radius 3 is 2.82 bits per heavy atom. The maximum Gasteiger partial charge on any atom is 0.152 e. The number of nitrogens with one attached hydrogen (secondary N) is 1. The van der Waals surface area contributed by atoms with Crippen molar-refractivity contribution in [3.63, 3.8) is 0 Å². The van der Waals surface area contributed by atoms with E-state index in [9.17, 15) is 8.42 Å². The molecular formula is C12H25NO3S. The van der Waals surface area contributed by atoms with Crippen molar-refractivity contribution in [3.8, 4) is 0 Å². The lowest BCUT2D eigenvalue weighted by Gasteiger charge is -2.13. The summed E-state index contributed by atoms with van der Waals surface area (Å²) < 4.78 is 29.0. The first kappa shape index (κ1) is 14.9. The predicted octanol–water partition coefficient (Wildman–Crippen LogP) is 1.36. The van der Waals surface area contributed by atoms with Gasteiger partial charge in [-0.05, 0) is 39.2 Å². The first-order valence-electron chi connectivity index (χ1n) is 6.59. The summed E-state index contributed by atoms with van der Waals surface area (Å²) in [4.78, 5) is 0. The molecule has 0 radical (unpaired) electrons. The third-order valence-electron chi connectivity index (χ3n) is 3.11. The fraction of sp³-hybridized carbons (Fsp3) is 1.00. The first-order chi connectivity index (χ1) is 8.03. The standard InChI is InChI=1S/C12H25NO3S/c1-3-13-11(2)6-5-9-17(14,15)10-12-7-4-8-16-12/h11-13H,3-10H2,1-2H3. The second-order valence-corrected chi connectivity index (χ2v) is 7.08. The lowest BCUT2D eigenvalue weighted by atomic mass is 10.2. The molecule has 4 nitrogen and oxygen atoms in total. The van der Waals surface area contributed by atoms with Crippen LogP contribution in [0, 0.1) is 0 Å². The normalized spacial score (nSPS) is 22.8. The summed E-state index contributed by atoms with van der Waals surface area (Å²) in [5.74, 6) is 0.505. The highest BCUT2D eigenvalue weighted by Gasteiger charge is 2.23. The van der Waals surface area contributed by atoms with E-state index >= 15 is 0 Å². The molecule has 0 saturated carbocycles. The smallest absolute Gasteiger partial charge is 0.152 e. The molecule has 2 unspecified atom stereocenters. The number of hydrogen-bond acceptors (Lipinski definition) is 4. The van der Waals surface area contributed by atoms with Crippen LogP contribution in [-0.2, 0) is 14.6 Å². The van der Waals surface area contributed by atoms with E-state index in [1.165, 1.54) is 0 Å². The minimum atomic E-state index is -2.93. The summed E-state index contributed by atoms with van der Waals surface area (Å²) in [6.07, 6.45) is 3.50. The highest BCUT2D eigenvalue weighted by Crippen LogP contribution is 2.15. The minimum Gasteiger partial charge on any atom is -0.377 e. The van der Waals surface area contributed by atoms with Gasteiger partial charge < -0.3 is 10.1 Å². The van der Waals surface area contributed by atoms with Crippen LogP contribution in [-0.4, -0.2) is 45.2 Å². The van der Waals surface area contributed by atoms with Crippen LogP contribution in [0.25, 0.3) is 0 Å². The van der Waals surface area contributed by atoms with Crippen molar-refractivity contribution in [2.45, 2.75) is 51.7 Å². The highest BCUT2D eigenvalue weighted by atomic mass is 32.2. The fourth-order valence-electron chi connectivity index (χ4n) is 2.20. The molecule has 1 N–H and O–H groups in total. The predicted molar refractivity (Wildman–Crippen MR) is 70.0 cm³/mol. The molecule has 0 aromatic carbocycles. The van der Waals surface area contributed by atoms with Crippen molar-refractivity contribution in [1.82, 2.24) is 5.32 Å². The molecule has 0 amide bonds. The van der Waals surface area contributed by atoms with E-state index in [0.717, 1.165) is 38.8 Å². The lowest BCUT2D eigenvalue weighted by Crippen LogP contribution is -2.27. The van der Waals surface area contributed by atoms with Crippen LogP contribution < -0.4 is 5.32 Å². The van der Waals surface area contributed by atoms with E-state index in [4.69, 9.17) is 4.74 Å². The minimum absolute atomic E-state index is 0.0498. The quantitative estimate of drug-likeness (QED) is 0.718. The van der Waals surface area contributed by atoms with Gasteiger partial charge >= 0.3 is 0 Å². The van der Waals surface area contributed by atoms with Crippen molar-refractivity contribution >= 4 is 9.84 Å². The van der Waals surface area contributed by atoms with Gasteiger partial charge in [0, 0.05) is 12.6 Å².